The Kier molecular flexibility index (Phi) is 8.85. The first-order chi connectivity index (χ1) is 12.2. The topological polar surface area (TPSA) is 174 Å². The molecule has 0 spiro atoms. The summed E-state index contributed by atoms with van der Waals surface area (Å²) in [6, 6.07) is -3.19. The summed E-state index contributed by atoms with van der Waals surface area (Å²) >= 11 is 3.78. The molecule has 0 aromatic carbocycles. The zero-order valence-electron chi connectivity index (χ0n) is 13.9. The molecule has 26 heavy (non-hydrogen) atoms. The molecule has 1 saturated heterocycles. The molecular weight excluding hydrogens is 368 g/mol. The van der Waals surface area contributed by atoms with Gasteiger partial charge >= 0.3 is 11.9 Å². The minimum atomic E-state index is -1.48. The van der Waals surface area contributed by atoms with Gasteiger partial charge in [-0.15, -0.1) is 0 Å². The maximum absolute atomic E-state index is 12.1. The quantitative estimate of drug-likeness (QED) is 0.197. The number of carboxylic acids is 2. The predicted octanol–water partition coefficient (Wildman–Crippen LogP) is -2.69. The van der Waals surface area contributed by atoms with E-state index in [0.29, 0.717) is 13.0 Å². The molecule has 146 valence electrons. The van der Waals surface area contributed by atoms with E-state index in [9.17, 15) is 24.0 Å². The van der Waals surface area contributed by atoms with E-state index in [0.717, 1.165) is 6.42 Å². The molecule has 0 radical (unpaired) electrons. The molecule has 0 aliphatic carbocycles. The largest absolute Gasteiger partial charge is 0.481 e. The van der Waals surface area contributed by atoms with E-state index in [-0.39, 0.29) is 17.7 Å². The standard InChI is InChI=1S/C14H22N4O7S/c19-10(5-16-12(22)7-2-1-3-15-7)17-8(4-11(20)21)13(23)18-9(6-26)14(24)25/h7-9,15,26H,1-6H2,(H,16,22)(H,17,19)(H,18,23)(H,20,21)(H,24,25). The van der Waals surface area contributed by atoms with Crippen molar-refractivity contribution in [2.45, 2.75) is 37.4 Å². The molecule has 12 heteroatoms. The van der Waals surface area contributed by atoms with Crippen LogP contribution in [0.3, 0.4) is 0 Å². The molecule has 1 rings (SSSR count). The number of aliphatic carboxylic acids is 2. The third kappa shape index (κ3) is 7.27. The molecule has 1 fully saturated rings. The van der Waals surface area contributed by atoms with Crippen molar-refractivity contribution < 1.29 is 34.2 Å². The maximum atomic E-state index is 12.1. The Bertz CT molecular complexity index is 565. The lowest BCUT2D eigenvalue weighted by molar-refractivity contribution is -0.143. The number of hydrogen-bond donors (Lipinski definition) is 7. The second-order valence-electron chi connectivity index (χ2n) is 5.67. The van der Waals surface area contributed by atoms with Crippen molar-refractivity contribution >= 4 is 42.3 Å². The number of thiol groups is 1. The number of hydrogen-bond acceptors (Lipinski definition) is 7. The molecular formula is C14H22N4O7S. The fourth-order valence-electron chi connectivity index (χ4n) is 2.29. The Morgan fingerprint density at radius 1 is 1.12 bits per heavy atom. The van der Waals surface area contributed by atoms with Crippen LogP contribution in [0, 0.1) is 0 Å². The van der Waals surface area contributed by atoms with Crippen LogP contribution < -0.4 is 21.3 Å². The Labute approximate surface area is 154 Å². The molecule has 0 aromatic heterocycles. The van der Waals surface area contributed by atoms with Gasteiger partial charge in [0.25, 0.3) is 0 Å². The summed E-state index contributed by atoms with van der Waals surface area (Å²) in [6.45, 7) is 0.274. The van der Waals surface area contributed by atoms with Crippen molar-refractivity contribution in [2.75, 3.05) is 18.8 Å². The predicted molar refractivity (Wildman–Crippen MR) is 91.6 cm³/mol. The van der Waals surface area contributed by atoms with Gasteiger partial charge in [0.1, 0.15) is 12.1 Å². The van der Waals surface area contributed by atoms with E-state index in [1.165, 1.54) is 0 Å². The zero-order valence-corrected chi connectivity index (χ0v) is 14.8. The Morgan fingerprint density at radius 3 is 2.31 bits per heavy atom. The fourth-order valence-corrected chi connectivity index (χ4v) is 2.53. The molecule has 1 aliphatic rings. The smallest absolute Gasteiger partial charge is 0.327 e. The molecule has 3 atom stereocenters. The number of carbonyl (C=O) groups is 5. The summed E-state index contributed by atoms with van der Waals surface area (Å²) in [4.78, 5) is 57.6. The third-order valence-corrected chi connectivity index (χ3v) is 3.99. The molecule has 1 heterocycles. The second kappa shape index (κ2) is 10.6. The van der Waals surface area contributed by atoms with Gasteiger partial charge in [0.05, 0.1) is 19.0 Å². The SMILES string of the molecule is O=C(O)CC(NC(=O)CNC(=O)C1CCCN1)C(=O)NC(CS)C(=O)O. The number of nitrogens with one attached hydrogen (secondary N) is 4. The second-order valence-corrected chi connectivity index (χ2v) is 6.03. The van der Waals surface area contributed by atoms with Crippen LogP contribution in [-0.2, 0) is 24.0 Å². The van der Waals surface area contributed by atoms with Gasteiger partial charge < -0.3 is 31.5 Å². The Hall–Kier alpha value is -2.34. The lowest BCUT2D eigenvalue weighted by atomic mass is 10.1. The highest BCUT2D eigenvalue weighted by Crippen LogP contribution is 2.04. The summed E-state index contributed by atoms with van der Waals surface area (Å²) in [7, 11) is 0. The summed E-state index contributed by atoms with van der Waals surface area (Å²) in [5.41, 5.74) is 0. The highest BCUT2D eigenvalue weighted by molar-refractivity contribution is 7.80. The minimum Gasteiger partial charge on any atom is -0.481 e. The summed E-state index contributed by atoms with van der Waals surface area (Å²) < 4.78 is 0. The van der Waals surface area contributed by atoms with Crippen LogP contribution in [0.25, 0.3) is 0 Å². The van der Waals surface area contributed by atoms with Gasteiger partial charge in [-0.1, -0.05) is 0 Å². The van der Waals surface area contributed by atoms with Gasteiger partial charge in [0, 0.05) is 5.75 Å². The van der Waals surface area contributed by atoms with Crippen molar-refractivity contribution in [3.63, 3.8) is 0 Å². The molecule has 3 unspecified atom stereocenters. The number of carbonyl (C=O) groups excluding carboxylic acids is 3. The summed E-state index contributed by atoms with van der Waals surface area (Å²) in [5, 5.41) is 27.4. The number of rotatable bonds is 10. The Balaban J connectivity index is 2.57. The molecule has 0 aromatic rings. The minimum absolute atomic E-state index is 0.209. The maximum Gasteiger partial charge on any atom is 0.327 e. The molecule has 1 aliphatic heterocycles. The van der Waals surface area contributed by atoms with E-state index in [1.807, 2.05) is 0 Å². The molecule has 6 N–H and O–H groups in total. The van der Waals surface area contributed by atoms with Crippen LogP contribution in [0.2, 0.25) is 0 Å². The average molecular weight is 390 g/mol. The first-order valence-corrected chi connectivity index (χ1v) is 8.54. The van der Waals surface area contributed by atoms with Crippen molar-refractivity contribution in [1.82, 2.24) is 21.3 Å². The molecule has 0 bridgehead atoms. The van der Waals surface area contributed by atoms with E-state index >= 15 is 0 Å². The molecule has 0 saturated carbocycles. The van der Waals surface area contributed by atoms with E-state index < -0.39 is 48.8 Å². The highest BCUT2D eigenvalue weighted by Gasteiger charge is 2.28. The average Bonchev–Trinajstić information content (AvgIpc) is 3.10. The normalized spacial score (nSPS) is 18.4. The van der Waals surface area contributed by atoms with Gasteiger partial charge in [-0.25, -0.2) is 4.79 Å². The van der Waals surface area contributed by atoms with Gasteiger partial charge in [0.15, 0.2) is 0 Å². The van der Waals surface area contributed by atoms with Gasteiger partial charge in [-0.2, -0.15) is 12.6 Å². The summed E-state index contributed by atoms with van der Waals surface area (Å²) in [6.07, 6.45) is 0.757. The van der Waals surface area contributed by atoms with Crippen LogP contribution in [0.4, 0.5) is 0 Å². The molecule has 11 nitrogen and oxygen atoms in total. The van der Waals surface area contributed by atoms with Crippen LogP contribution >= 0.6 is 12.6 Å². The lowest BCUT2D eigenvalue weighted by Crippen LogP contribution is -2.54. The summed E-state index contributed by atoms with van der Waals surface area (Å²) in [5.74, 6) is -5.01. The monoisotopic (exact) mass is 390 g/mol. The van der Waals surface area contributed by atoms with Gasteiger partial charge in [-0.3, -0.25) is 19.2 Å². The van der Waals surface area contributed by atoms with Crippen LogP contribution in [0.5, 0.6) is 0 Å². The van der Waals surface area contributed by atoms with E-state index in [2.05, 4.69) is 33.9 Å². The van der Waals surface area contributed by atoms with E-state index in [1.54, 1.807) is 0 Å². The Morgan fingerprint density at radius 2 is 1.81 bits per heavy atom. The highest BCUT2D eigenvalue weighted by atomic mass is 32.1. The van der Waals surface area contributed by atoms with Crippen molar-refractivity contribution in [1.29, 1.82) is 0 Å². The molecule has 3 amide bonds. The van der Waals surface area contributed by atoms with Gasteiger partial charge in [0.2, 0.25) is 17.7 Å². The fraction of sp³-hybridized carbons (Fsp3) is 0.643. The lowest BCUT2D eigenvalue weighted by Gasteiger charge is -2.20. The number of amides is 3. The van der Waals surface area contributed by atoms with E-state index in [4.69, 9.17) is 10.2 Å². The van der Waals surface area contributed by atoms with Crippen molar-refractivity contribution in [3.8, 4) is 0 Å². The van der Waals surface area contributed by atoms with Gasteiger partial charge in [-0.05, 0) is 19.4 Å². The van der Waals surface area contributed by atoms with Crippen LogP contribution in [-0.4, -0.2) is 76.8 Å². The van der Waals surface area contributed by atoms with Crippen molar-refractivity contribution in [2.24, 2.45) is 0 Å². The van der Waals surface area contributed by atoms with Crippen LogP contribution in [0.15, 0.2) is 0 Å². The van der Waals surface area contributed by atoms with Crippen LogP contribution in [0.1, 0.15) is 19.3 Å². The zero-order chi connectivity index (χ0) is 19.7. The van der Waals surface area contributed by atoms with Crippen molar-refractivity contribution in [3.05, 3.63) is 0 Å². The first-order valence-electron chi connectivity index (χ1n) is 7.91. The third-order valence-electron chi connectivity index (χ3n) is 3.63. The first kappa shape index (κ1) is 21.7. The number of carboxylic acid groups (broad SMARTS) is 2.